The van der Waals surface area contributed by atoms with Gasteiger partial charge in [0.15, 0.2) is 11.5 Å². The molecule has 1 N–H and O–H groups in total. The molecule has 0 bridgehead atoms. The van der Waals surface area contributed by atoms with Crippen LogP contribution in [0.4, 0.5) is 0 Å². The third-order valence-corrected chi connectivity index (χ3v) is 4.07. The highest BCUT2D eigenvalue weighted by atomic mass is 32.1. The van der Waals surface area contributed by atoms with Gasteiger partial charge in [-0.25, -0.2) is 0 Å². The van der Waals surface area contributed by atoms with E-state index in [-0.39, 0.29) is 5.75 Å². The molecule has 0 atom stereocenters. The van der Waals surface area contributed by atoms with Crippen LogP contribution >= 0.6 is 11.7 Å². The van der Waals surface area contributed by atoms with Crippen LogP contribution in [0.2, 0.25) is 0 Å². The zero-order valence-electron chi connectivity index (χ0n) is 12.5. The Labute approximate surface area is 133 Å². The normalized spacial score (nSPS) is 11.2. The van der Waals surface area contributed by atoms with Crippen molar-refractivity contribution in [1.82, 2.24) is 13.6 Å². The Kier molecular flexibility index (Phi) is 4.22. The molecule has 6 heteroatoms. The summed E-state index contributed by atoms with van der Waals surface area (Å²) >= 11 is 1.23. The quantitative estimate of drug-likeness (QED) is 0.784. The smallest absolute Gasteiger partial charge is 0.162 e. The van der Waals surface area contributed by atoms with Gasteiger partial charge in [0.1, 0.15) is 11.0 Å². The lowest BCUT2D eigenvalue weighted by Crippen LogP contribution is -2.17. The molecule has 3 aromatic rings. The highest BCUT2D eigenvalue weighted by molar-refractivity contribution is 7.00. The summed E-state index contributed by atoms with van der Waals surface area (Å²) < 4.78 is 13.6. The first kappa shape index (κ1) is 14.7. The molecule has 3 rings (SSSR count). The van der Waals surface area contributed by atoms with Crippen molar-refractivity contribution in [3.05, 3.63) is 47.5 Å². The summed E-state index contributed by atoms with van der Waals surface area (Å²) in [4.78, 5) is 2.13. The lowest BCUT2D eigenvalue weighted by molar-refractivity contribution is 0.308. The second kappa shape index (κ2) is 6.29. The van der Waals surface area contributed by atoms with Crippen molar-refractivity contribution in [3.8, 4) is 11.5 Å². The van der Waals surface area contributed by atoms with Gasteiger partial charge in [-0.1, -0.05) is 18.2 Å². The van der Waals surface area contributed by atoms with Gasteiger partial charge in [-0.3, -0.25) is 4.90 Å². The molecule has 2 aromatic carbocycles. The standard InChI is InChI=1S/C16H17N3O2S/c1-19(10-12-4-3-5-15(21-2)16(12)20)9-11-6-7-13-14(8-11)18-22-17-13/h3-8,20H,9-10H2,1-2H3. The number of phenols is 1. The lowest BCUT2D eigenvalue weighted by atomic mass is 10.1. The Morgan fingerprint density at radius 3 is 2.77 bits per heavy atom. The predicted octanol–water partition coefficient (Wildman–Crippen LogP) is 3.04. The number of hydrogen-bond acceptors (Lipinski definition) is 6. The Morgan fingerprint density at radius 2 is 1.95 bits per heavy atom. The molecule has 1 aromatic heterocycles. The molecule has 0 amide bonds. The molecule has 114 valence electrons. The number of hydrogen-bond donors (Lipinski definition) is 1. The lowest BCUT2D eigenvalue weighted by Gasteiger charge is -2.18. The molecule has 0 aliphatic carbocycles. The molecular formula is C16H17N3O2S. The summed E-state index contributed by atoms with van der Waals surface area (Å²) in [5, 5.41) is 10.1. The number of nitrogens with zero attached hydrogens (tertiary/aromatic N) is 3. The van der Waals surface area contributed by atoms with Crippen LogP contribution < -0.4 is 4.74 Å². The Bertz CT molecular complexity index is 788. The number of phenolic OH excluding ortho intramolecular Hbond substituents is 1. The molecule has 0 saturated heterocycles. The number of rotatable bonds is 5. The second-order valence-corrected chi connectivity index (χ2v) is 5.76. The first-order valence-corrected chi connectivity index (χ1v) is 7.65. The highest BCUT2D eigenvalue weighted by Crippen LogP contribution is 2.30. The minimum Gasteiger partial charge on any atom is -0.504 e. The summed E-state index contributed by atoms with van der Waals surface area (Å²) in [6, 6.07) is 11.6. The van der Waals surface area contributed by atoms with E-state index in [1.165, 1.54) is 17.3 Å². The molecule has 0 aliphatic heterocycles. The van der Waals surface area contributed by atoms with E-state index in [1.807, 2.05) is 25.2 Å². The first-order chi connectivity index (χ1) is 10.7. The number of fused-ring (bicyclic) bond motifs is 1. The van der Waals surface area contributed by atoms with Crippen molar-refractivity contribution in [1.29, 1.82) is 0 Å². The Hall–Kier alpha value is -2.18. The van der Waals surface area contributed by atoms with E-state index in [2.05, 4.69) is 25.8 Å². The topological polar surface area (TPSA) is 58.5 Å². The van der Waals surface area contributed by atoms with Crippen LogP contribution in [0.3, 0.4) is 0 Å². The summed E-state index contributed by atoms with van der Waals surface area (Å²) in [7, 11) is 3.57. The molecule has 5 nitrogen and oxygen atoms in total. The zero-order chi connectivity index (χ0) is 15.5. The average Bonchev–Trinajstić information content (AvgIpc) is 2.97. The van der Waals surface area contributed by atoms with Crippen LogP contribution in [0.25, 0.3) is 11.0 Å². The number of ether oxygens (including phenoxy) is 1. The van der Waals surface area contributed by atoms with E-state index in [9.17, 15) is 5.11 Å². The fourth-order valence-electron chi connectivity index (χ4n) is 2.44. The van der Waals surface area contributed by atoms with E-state index in [1.54, 1.807) is 13.2 Å². The van der Waals surface area contributed by atoms with Crippen molar-refractivity contribution >= 4 is 22.8 Å². The molecule has 0 aliphatic rings. The molecule has 0 spiro atoms. The third-order valence-electron chi connectivity index (χ3n) is 3.51. The Morgan fingerprint density at radius 1 is 1.14 bits per heavy atom. The summed E-state index contributed by atoms with van der Waals surface area (Å²) in [5.41, 5.74) is 3.88. The van der Waals surface area contributed by atoms with E-state index >= 15 is 0 Å². The van der Waals surface area contributed by atoms with Crippen LogP contribution in [-0.4, -0.2) is 32.9 Å². The van der Waals surface area contributed by atoms with Crippen molar-refractivity contribution < 1.29 is 9.84 Å². The monoisotopic (exact) mass is 315 g/mol. The molecule has 22 heavy (non-hydrogen) atoms. The Balaban J connectivity index is 1.73. The van der Waals surface area contributed by atoms with Gasteiger partial charge in [-0.2, -0.15) is 8.75 Å². The number of para-hydroxylation sites is 1. The van der Waals surface area contributed by atoms with E-state index in [0.29, 0.717) is 12.3 Å². The number of benzene rings is 2. The average molecular weight is 315 g/mol. The van der Waals surface area contributed by atoms with E-state index < -0.39 is 0 Å². The fraction of sp³-hybridized carbons (Fsp3) is 0.250. The van der Waals surface area contributed by atoms with Gasteiger partial charge in [0.25, 0.3) is 0 Å². The van der Waals surface area contributed by atoms with Crippen LogP contribution in [0.1, 0.15) is 11.1 Å². The number of methoxy groups -OCH3 is 1. The van der Waals surface area contributed by atoms with E-state index in [0.717, 1.165) is 23.1 Å². The van der Waals surface area contributed by atoms with Crippen LogP contribution in [0.15, 0.2) is 36.4 Å². The van der Waals surface area contributed by atoms with Gasteiger partial charge in [-0.05, 0) is 30.8 Å². The predicted molar refractivity (Wildman–Crippen MR) is 87.2 cm³/mol. The number of aromatic nitrogens is 2. The molecule has 1 heterocycles. The van der Waals surface area contributed by atoms with Crippen molar-refractivity contribution in [2.75, 3.05) is 14.2 Å². The first-order valence-electron chi connectivity index (χ1n) is 6.92. The van der Waals surface area contributed by atoms with E-state index in [4.69, 9.17) is 4.74 Å². The number of aromatic hydroxyl groups is 1. The van der Waals surface area contributed by atoms with Gasteiger partial charge < -0.3 is 9.84 Å². The van der Waals surface area contributed by atoms with Gasteiger partial charge in [0, 0.05) is 18.7 Å². The summed E-state index contributed by atoms with van der Waals surface area (Å²) in [6.07, 6.45) is 0. The van der Waals surface area contributed by atoms with Gasteiger partial charge >= 0.3 is 0 Å². The van der Waals surface area contributed by atoms with Crippen LogP contribution in [0.5, 0.6) is 11.5 Å². The maximum absolute atomic E-state index is 10.1. The van der Waals surface area contributed by atoms with Crippen molar-refractivity contribution in [2.45, 2.75) is 13.1 Å². The summed E-state index contributed by atoms with van der Waals surface area (Å²) in [5.74, 6) is 0.705. The van der Waals surface area contributed by atoms with Gasteiger partial charge in [-0.15, -0.1) is 0 Å². The van der Waals surface area contributed by atoms with Gasteiger partial charge in [0.05, 0.1) is 18.8 Å². The second-order valence-electron chi connectivity index (χ2n) is 5.23. The third kappa shape index (κ3) is 3.03. The van der Waals surface area contributed by atoms with Crippen LogP contribution in [-0.2, 0) is 13.1 Å². The van der Waals surface area contributed by atoms with Crippen molar-refractivity contribution in [2.24, 2.45) is 0 Å². The van der Waals surface area contributed by atoms with Gasteiger partial charge in [0.2, 0.25) is 0 Å². The molecule has 0 fully saturated rings. The molecule has 0 saturated carbocycles. The molecule has 0 radical (unpaired) electrons. The maximum Gasteiger partial charge on any atom is 0.162 e. The highest BCUT2D eigenvalue weighted by Gasteiger charge is 2.10. The zero-order valence-corrected chi connectivity index (χ0v) is 13.3. The largest absolute Gasteiger partial charge is 0.504 e. The summed E-state index contributed by atoms with van der Waals surface area (Å²) in [6.45, 7) is 1.40. The molecule has 0 unspecified atom stereocenters. The minimum atomic E-state index is 0.205. The SMILES string of the molecule is COc1cccc(CN(C)Cc2ccc3nsnc3c2)c1O. The van der Waals surface area contributed by atoms with Crippen molar-refractivity contribution in [3.63, 3.8) is 0 Å². The van der Waals surface area contributed by atoms with Crippen LogP contribution in [0, 0.1) is 0 Å². The molecular weight excluding hydrogens is 298 g/mol. The maximum atomic E-state index is 10.1. The minimum absolute atomic E-state index is 0.205. The fourth-order valence-corrected chi connectivity index (χ4v) is 2.96.